The molecular weight excluding hydrogens is 218 g/mol. The highest BCUT2D eigenvalue weighted by Crippen LogP contribution is 2.11. The molecule has 0 aromatic carbocycles. The molecule has 0 bridgehead atoms. The van der Waals surface area contributed by atoms with Crippen molar-refractivity contribution in [3.05, 3.63) is 29.1 Å². The Morgan fingerprint density at radius 1 is 1.38 bits per heavy atom. The van der Waals surface area contributed by atoms with Crippen LogP contribution in [0, 0.1) is 13.8 Å². The van der Waals surface area contributed by atoms with Crippen LogP contribution in [0.2, 0.25) is 0 Å². The van der Waals surface area contributed by atoms with Crippen molar-refractivity contribution >= 4 is 16.9 Å². The maximum atomic E-state index is 4.37. The van der Waals surface area contributed by atoms with Crippen LogP contribution in [0.1, 0.15) is 17.0 Å². The van der Waals surface area contributed by atoms with Crippen LogP contribution in [-0.4, -0.2) is 35.4 Å². The third kappa shape index (κ3) is 3.52. The number of aromatic nitrogens is 1. The van der Waals surface area contributed by atoms with E-state index in [-0.39, 0.29) is 0 Å². The van der Waals surface area contributed by atoms with Gasteiger partial charge in [-0.2, -0.15) is 0 Å². The van der Waals surface area contributed by atoms with Gasteiger partial charge in [0.25, 0.3) is 0 Å². The molecule has 0 radical (unpaired) electrons. The second kappa shape index (κ2) is 5.89. The summed E-state index contributed by atoms with van der Waals surface area (Å²) in [4.78, 5) is 10.8. The number of aryl methyl sites for hydroxylation is 2. The van der Waals surface area contributed by atoms with Crippen LogP contribution in [0.15, 0.2) is 17.1 Å². The third-order valence-electron chi connectivity index (χ3n) is 2.26. The zero-order valence-electron chi connectivity index (χ0n) is 10.6. The van der Waals surface area contributed by atoms with E-state index in [0.717, 1.165) is 23.1 Å². The van der Waals surface area contributed by atoms with E-state index in [1.165, 1.54) is 5.56 Å². The Morgan fingerprint density at radius 3 is 2.38 bits per heavy atom. The molecule has 1 heterocycles. The van der Waals surface area contributed by atoms with Crippen LogP contribution < -0.4 is 0 Å². The maximum absolute atomic E-state index is 4.37. The average Bonchev–Trinajstić information content (AvgIpc) is 2.17. The zero-order chi connectivity index (χ0) is 12.1. The van der Waals surface area contributed by atoms with Crippen molar-refractivity contribution in [1.29, 1.82) is 0 Å². The number of pyridine rings is 1. The highest BCUT2D eigenvalue weighted by Gasteiger charge is 2.06. The Balaban J connectivity index is 2.80. The minimum atomic E-state index is 0.873. The summed E-state index contributed by atoms with van der Waals surface area (Å²) in [7, 11) is 3.88. The molecule has 0 unspecified atom stereocenters. The van der Waals surface area contributed by atoms with Gasteiger partial charge < -0.3 is 4.90 Å². The molecule has 16 heavy (non-hydrogen) atoms. The number of hydrogen-bond acceptors (Lipinski definition) is 3. The summed E-state index contributed by atoms with van der Waals surface area (Å²) in [5.41, 5.74) is 3.42. The van der Waals surface area contributed by atoms with E-state index in [2.05, 4.69) is 34.1 Å². The molecule has 1 aromatic heterocycles. The molecule has 0 N–H and O–H groups in total. The predicted octanol–water partition coefficient (Wildman–Crippen LogP) is 2.48. The van der Waals surface area contributed by atoms with E-state index < -0.39 is 0 Å². The Morgan fingerprint density at radius 2 is 1.94 bits per heavy atom. The molecule has 0 aliphatic carbocycles. The van der Waals surface area contributed by atoms with Crippen molar-refractivity contribution in [1.82, 2.24) is 9.88 Å². The summed E-state index contributed by atoms with van der Waals surface area (Å²) in [6.45, 7) is 4.93. The molecule has 88 valence electrons. The topological polar surface area (TPSA) is 28.5 Å². The second-order valence-electron chi connectivity index (χ2n) is 3.82. The molecule has 0 saturated carbocycles. The normalized spacial score (nSPS) is 11.7. The van der Waals surface area contributed by atoms with Crippen LogP contribution >= 0.6 is 11.8 Å². The molecule has 0 aliphatic heterocycles. The van der Waals surface area contributed by atoms with Gasteiger partial charge in [0.1, 0.15) is 0 Å². The summed E-state index contributed by atoms with van der Waals surface area (Å²) in [6, 6.07) is 4.24. The zero-order valence-corrected chi connectivity index (χ0v) is 11.4. The van der Waals surface area contributed by atoms with Gasteiger partial charge in [-0.3, -0.25) is 9.98 Å². The highest BCUT2D eigenvalue weighted by atomic mass is 32.2. The molecular formula is C12H19N3S. The van der Waals surface area contributed by atoms with Crippen molar-refractivity contribution < 1.29 is 0 Å². The van der Waals surface area contributed by atoms with Crippen LogP contribution in [0.3, 0.4) is 0 Å². The molecule has 0 atom stereocenters. The van der Waals surface area contributed by atoms with Crippen LogP contribution in [0.25, 0.3) is 0 Å². The third-order valence-corrected chi connectivity index (χ3v) is 3.12. The Kier molecular flexibility index (Phi) is 4.80. The quantitative estimate of drug-likeness (QED) is 0.584. The first kappa shape index (κ1) is 13.0. The van der Waals surface area contributed by atoms with E-state index in [4.69, 9.17) is 0 Å². The predicted molar refractivity (Wildman–Crippen MR) is 72.1 cm³/mol. The number of rotatable bonds is 2. The van der Waals surface area contributed by atoms with Crippen molar-refractivity contribution in [2.75, 3.05) is 20.4 Å². The number of thioether (sulfide) groups is 1. The first-order valence-corrected chi connectivity index (χ1v) is 6.45. The Labute approximate surface area is 102 Å². The minimum Gasteiger partial charge on any atom is -0.350 e. The summed E-state index contributed by atoms with van der Waals surface area (Å²) < 4.78 is 0. The van der Waals surface area contributed by atoms with E-state index in [9.17, 15) is 0 Å². The van der Waals surface area contributed by atoms with Gasteiger partial charge >= 0.3 is 0 Å². The fourth-order valence-electron chi connectivity index (χ4n) is 1.77. The van der Waals surface area contributed by atoms with Crippen molar-refractivity contribution in [3.8, 4) is 0 Å². The van der Waals surface area contributed by atoms with Gasteiger partial charge in [0, 0.05) is 32.0 Å². The average molecular weight is 237 g/mol. The fraction of sp³-hybridized carbons (Fsp3) is 0.500. The van der Waals surface area contributed by atoms with E-state index in [1.807, 2.05) is 27.2 Å². The highest BCUT2D eigenvalue weighted by molar-refractivity contribution is 8.13. The molecule has 1 rings (SSSR count). The number of amidine groups is 1. The molecule has 1 aromatic rings. The maximum Gasteiger partial charge on any atom is 0.158 e. The summed E-state index contributed by atoms with van der Waals surface area (Å²) in [6.07, 6.45) is 2.04. The lowest BCUT2D eigenvalue weighted by atomic mass is 10.2. The lowest BCUT2D eigenvalue weighted by Crippen LogP contribution is -2.23. The van der Waals surface area contributed by atoms with Gasteiger partial charge in [0.2, 0.25) is 0 Å². The second-order valence-corrected chi connectivity index (χ2v) is 4.60. The molecule has 4 heteroatoms. The van der Waals surface area contributed by atoms with Crippen LogP contribution in [0.5, 0.6) is 0 Å². The van der Waals surface area contributed by atoms with Crippen LogP contribution in [-0.2, 0) is 6.54 Å². The van der Waals surface area contributed by atoms with E-state index >= 15 is 0 Å². The lowest BCUT2D eigenvalue weighted by molar-refractivity contribution is 0.509. The summed E-state index contributed by atoms with van der Waals surface area (Å²) in [5.74, 6) is 0. The van der Waals surface area contributed by atoms with Gasteiger partial charge in [-0.25, -0.2) is 0 Å². The van der Waals surface area contributed by atoms with Gasteiger partial charge in [-0.15, -0.1) is 0 Å². The lowest BCUT2D eigenvalue weighted by Gasteiger charge is -2.19. The van der Waals surface area contributed by atoms with Gasteiger partial charge in [-0.1, -0.05) is 11.8 Å². The fourth-order valence-corrected chi connectivity index (χ4v) is 2.33. The SMILES string of the molecule is CN=C(SC)N(C)Cc1cc(C)nc(C)c1. The van der Waals surface area contributed by atoms with Gasteiger partial charge in [-0.05, 0) is 37.8 Å². The molecule has 0 saturated heterocycles. The largest absolute Gasteiger partial charge is 0.350 e. The van der Waals surface area contributed by atoms with Gasteiger partial charge in [0.05, 0.1) is 0 Å². The molecule has 3 nitrogen and oxygen atoms in total. The van der Waals surface area contributed by atoms with E-state index in [0.29, 0.717) is 0 Å². The van der Waals surface area contributed by atoms with Crippen molar-refractivity contribution in [2.24, 2.45) is 4.99 Å². The van der Waals surface area contributed by atoms with Crippen LogP contribution in [0.4, 0.5) is 0 Å². The number of nitrogens with zero attached hydrogens (tertiary/aromatic N) is 3. The number of aliphatic imine (C=N–C) groups is 1. The standard InChI is InChI=1S/C12H19N3S/c1-9-6-11(7-10(2)14-9)8-15(4)12(13-3)16-5/h6-7H,8H2,1-5H3. The van der Waals surface area contributed by atoms with Crippen molar-refractivity contribution in [3.63, 3.8) is 0 Å². The molecule has 0 spiro atoms. The van der Waals surface area contributed by atoms with E-state index in [1.54, 1.807) is 11.8 Å². The molecule has 0 aliphatic rings. The summed E-state index contributed by atoms with van der Waals surface area (Å²) >= 11 is 1.67. The Bertz CT molecular complexity index is 368. The first-order valence-electron chi connectivity index (χ1n) is 5.23. The summed E-state index contributed by atoms with van der Waals surface area (Å²) in [5, 5.41) is 1.05. The first-order chi connectivity index (χ1) is 7.56. The van der Waals surface area contributed by atoms with Crippen molar-refractivity contribution in [2.45, 2.75) is 20.4 Å². The number of hydrogen-bond donors (Lipinski definition) is 0. The van der Waals surface area contributed by atoms with Gasteiger partial charge in [0.15, 0.2) is 5.17 Å². The monoisotopic (exact) mass is 237 g/mol. The molecule has 0 fully saturated rings. The molecule has 0 amide bonds. The smallest absolute Gasteiger partial charge is 0.158 e. The Hall–Kier alpha value is -1.03. The minimum absolute atomic E-state index is 0.873.